The van der Waals surface area contributed by atoms with Crippen LogP contribution in [-0.2, 0) is 6.54 Å². The lowest BCUT2D eigenvalue weighted by atomic mass is 10.0. The molecule has 0 atom stereocenters. The van der Waals surface area contributed by atoms with Crippen LogP contribution >= 0.6 is 0 Å². The minimum atomic E-state index is 0.589. The summed E-state index contributed by atoms with van der Waals surface area (Å²) in [7, 11) is 0. The summed E-state index contributed by atoms with van der Waals surface area (Å²) in [5, 5.41) is 5.01. The van der Waals surface area contributed by atoms with Crippen molar-refractivity contribution in [3.05, 3.63) is 181 Å². The Kier molecular flexibility index (Phi) is 6.53. The summed E-state index contributed by atoms with van der Waals surface area (Å²) in [6.07, 6.45) is 1.97. The van der Waals surface area contributed by atoms with Crippen LogP contribution in [0.15, 0.2) is 175 Å². The van der Waals surface area contributed by atoms with Gasteiger partial charge in [-0.3, -0.25) is 4.99 Å². The van der Waals surface area contributed by atoms with Gasteiger partial charge in [-0.1, -0.05) is 115 Å². The second-order valence-corrected chi connectivity index (χ2v) is 12.1. The number of para-hydroxylation sites is 3. The van der Waals surface area contributed by atoms with Gasteiger partial charge >= 0.3 is 0 Å². The molecule has 0 saturated carbocycles. The molecule has 0 aliphatic heterocycles. The summed E-state index contributed by atoms with van der Waals surface area (Å²) in [6.45, 7) is 0.589. The zero-order valence-corrected chi connectivity index (χ0v) is 25.8. The lowest BCUT2D eigenvalue weighted by Gasteiger charge is -2.13. The summed E-state index contributed by atoms with van der Waals surface area (Å²) in [5.74, 6) is 0. The van der Waals surface area contributed by atoms with E-state index in [4.69, 9.17) is 4.99 Å². The maximum atomic E-state index is 4.87. The van der Waals surface area contributed by atoms with Crippen LogP contribution in [0, 0.1) is 0 Å². The second kappa shape index (κ2) is 11.3. The van der Waals surface area contributed by atoms with E-state index in [0.717, 1.165) is 16.9 Å². The molecule has 2 aromatic heterocycles. The average Bonchev–Trinajstić information content (AvgIpc) is 3.64. The fourth-order valence-corrected chi connectivity index (χ4v) is 7.05. The Hall–Kier alpha value is -6.19. The molecule has 0 amide bonds. The van der Waals surface area contributed by atoms with E-state index in [-0.39, 0.29) is 0 Å². The van der Waals surface area contributed by atoms with Crippen molar-refractivity contribution in [2.24, 2.45) is 4.99 Å². The van der Waals surface area contributed by atoms with Crippen molar-refractivity contribution in [1.29, 1.82) is 0 Å². The predicted molar refractivity (Wildman–Crippen MR) is 198 cm³/mol. The fourth-order valence-electron chi connectivity index (χ4n) is 7.05. The molecule has 0 spiro atoms. The topological polar surface area (TPSA) is 22.2 Å². The highest BCUT2D eigenvalue weighted by Gasteiger charge is 2.19. The summed E-state index contributed by atoms with van der Waals surface area (Å²) in [6, 6.07) is 60.9. The van der Waals surface area contributed by atoms with E-state index < -0.39 is 0 Å². The third kappa shape index (κ3) is 4.72. The van der Waals surface area contributed by atoms with Gasteiger partial charge in [0.1, 0.15) is 0 Å². The number of benzene rings is 7. The van der Waals surface area contributed by atoms with E-state index in [2.05, 4.69) is 161 Å². The van der Waals surface area contributed by atoms with Crippen molar-refractivity contribution < 1.29 is 0 Å². The number of aromatic nitrogens is 2. The normalized spacial score (nSPS) is 11.8. The summed E-state index contributed by atoms with van der Waals surface area (Å²) < 4.78 is 4.84. The largest absolute Gasteiger partial charge is 0.309 e. The smallest absolute Gasteiger partial charge is 0.0640 e. The molecule has 0 radical (unpaired) electrons. The molecule has 0 unspecified atom stereocenters. The number of fused-ring (bicyclic) bond motifs is 6. The standard InChI is InChI=1S/C44H31N3/c1-4-14-31(15-5-1)29-45-30-32-24-34(33-16-6-2-7-17-33)26-36(25-32)47-42-23-13-11-21-38(42)40-27-39-37-20-10-12-22-41(37)46(43(39)28-44(40)47)35-18-8-3-9-19-35/h1-29H,30H2. The van der Waals surface area contributed by atoms with E-state index in [1.54, 1.807) is 0 Å². The Labute approximate surface area is 273 Å². The van der Waals surface area contributed by atoms with Gasteiger partial charge in [-0.25, -0.2) is 0 Å². The predicted octanol–water partition coefficient (Wildman–Crippen LogP) is 11.2. The molecule has 47 heavy (non-hydrogen) atoms. The first kappa shape index (κ1) is 27.1. The monoisotopic (exact) mass is 601 g/mol. The number of aliphatic imine (C=N–C) groups is 1. The maximum Gasteiger partial charge on any atom is 0.0640 e. The van der Waals surface area contributed by atoms with Gasteiger partial charge in [0.2, 0.25) is 0 Å². The SMILES string of the molecule is C(=NCc1cc(-c2ccccc2)cc(-n2c3ccccc3c3cc4c5ccccc5n(-c5ccccc5)c4cc32)c1)c1ccccc1. The van der Waals surface area contributed by atoms with Crippen molar-refractivity contribution in [2.45, 2.75) is 6.54 Å². The maximum absolute atomic E-state index is 4.87. The highest BCUT2D eigenvalue weighted by Crippen LogP contribution is 2.40. The molecule has 0 fully saturated rings. The Bertz CT molecular complexity index is 2570. The third-order valence-electron chi connectivity index (χ3n) is 9.14. The molecule has 2 heterocycles. The van der Waals surface area contributed by atoms with Crippen molar-refractivity contribution in [3.63, 3.8) is 0 Å². The van der Waals surface area contributed by atoms with Crippen LogP contribution in [0.3, 0.4) is 0 Å². The molecule has 3 heteroatoms. The molecule has 0 aliphatic carbocycles. The lowest BCUT2D eigenvalue weighted by Crippen LogP contribution is -1.98. The Morgan fingerprint density at radius 3 is 1.62 bits per heavy atom. The quantitative estimate of drug-likeness (QED) is 0.169. The van der Waals surface area contributed by atoms with Crippen LogP contribution in [0.1, 0.15) is 11.1 Å². The first-order valence-corrected chi connectivity index (χ1v) is 16.1. The van der Waals surface area contributed by atoms with Crippen molar-refractivity contribution in [3.8, 4) is 22.5 Å². The highest BCUT2D eigenvalue weighted by molar-refractivity contribution is 6.19. The number of nitrogens with zero attached hydrogens (tertiary/aromatic N) is 3. The first-order chi connectivity index (χ1) is 23.3. The molecule has 9 aromatic rings. The van der Waals surface area contributed by atoms with Gasteiger partial charge in [0, 0.05) is 39.1 Å². The van der Waals surface area contributed by atoms with Gasteiger partial charge in [0.25, 0.3) is 0 Å². The minimum absolute atomic E-state index is 0.589. The van der Waals surface area contributed by atoms with Gasteiger partial charge in [0.05, 0.1) is 28.6 Å². The summed E-state index contributed by atoms with van der Waals surface area (Å²) in [5.41, 5.74) is 11.7. The molecule has 0 saturated heterocycles. The van der Waals surface area contributed by atoms with Crippen LogP contribution in [0.2, 0.25) is 0 Å². The highest BCUT2D eigenvalue weighted by atomic mass is 15.0. The zero-order valence-electron chi connectivity index (χ0n) is 25.8. The first-order valence-electron chi connectivity index (χ1n) is 16.1. The third-order valence-corrected chi connectivity index (χ3v) is 9.14. The number of rotatable bonds is 6. The van der Waals surface area contributed by atoms with Crippen LogP contribution < -0.4 is 0 Å². The van der Waals surface area contributed by atoms with E-state index in [9.17, 15) is 0 Å². The molecular weight excluding hydrogens is 571 g/mol. The number of hydrogen-bond donors (Lipinski definition) is 0. The van der Waals surface area contributed by atoms with Gasteiger partial charge in [-0.15, -0.1) is 0 Å². The van der Waals surface area contributed by atoms with Crippen molar-refractivity contribution >= 4 is 49.8 Å². The average molecular weight is 602 g/mol. The van der Waals surface area contributed by atoms with Gasteiger partial charge in [-0.05, 0) is 76.9 Å². The second-order valence-electron chi connectivity index (χ2n) is 12.1. The minimum Gasteiger partial charge on any atom is -0.309 e. The molecule has 0 N–H and O–H groups in total. The Balaban J connectivity index is 1.31. The molecular formula is C44H31N3. The lowest BCUT2D eigenvalue weighted by molar-refractivity contribution is 1.06. The molecule has 222 valence electrons. The van der Waals surface area contributed by atoms with Gasteiger partial charge < -0.3 is 9.13 Å². The van der Waals surface area contributed by atoms with E-state index in [1.807, 2.05) is 24.4 Å². The molecule has 3 nitrogen and oxygen atoms in total. The zero-order chi connectivity index (χ0) is 31.2. The van der Waals surface area contributed by atoms with Crippen LogP contribution in [0.4, 0.5) is 0 Å². The number of hydrogen-bond acceptors (Lipinski definition) is 1. The Morgan fingerprint density at radius 1 is 0.404 bits per heavy atom. The van der Waals surface area contributed by atoms with Crippen molar-refractivity contribution in [2.75, 3.05) is 0 Å². The Morgan fingerprint density at radius 2 is 0.957 bits per heavy atom. The summed E-state index contributed by atoms with van der Waals surface area (Å²) in [4.78, 5) is 4.87. The molecule has 0 aliphatic rings. The van der Waals surface area contributed by atoms with E-state index in [0.29, 0.717) is 6.54 Å². The van der Waals surface area contributed by atoms with E-state index >= 15 is 0 Å². The van der Waals surface area contributed by atoms with Crippen LogP contribution in [-0.4, -0.2) is 15.3 Å². The van der Waals surface area contributed by atoms with Crippen LogP contribution in [0.5, 0.6) is 0 Å². The fraction of sp³-hybridized carbons (Fsp3) is 0.0227. The van der Waals surface area contributed by atoms with Crippen LogP contribution in [0.25, 0.3) is 66.1 Å². The van der Waals surface area contributed by atoms with Gasteiger partial charge in [0.15, 0.2) is 0 Å². The molecule has 7 aromatic carbocycles. The molecule has 0 bridgehead atoms. The van der Waals surface area contributed by atoms with E-state index in [1.165, 1.54) is 60.3 Å². The molecule has 9 rings (SSSR count). The van der Waals surface area contributed by atoms with Crippen molar-refractivity contribution in [1.82, 2.24) is 9.13 Å². The van der Waals surface area contributed by atoms with Gasteiger partial charge in [-0.2, -0.15) is 0 Å². The summed E-state index contributed by atoms with van der Waals surface area (Å²) >= 11 is 0.